The van der Waals surface area contributed by atoms with Crippen molar-refractivity contribution in [2.24, 2.45) is 5.41 Å². The lowest BCUT2D eigenvalue weighted by atomic mass is 9.82. The molecular weight excluding hydrogens is 234 g/mol. The molecule has 0 aliphatic carbocycles. The molecule has 3 heteroatoms. The molecule has 2 nitrogen and oxygen atoms in total. The van der Waals surface area contributed by atoms with Gasteiger partial charge >= 0.3 is 0 Å². The molecule has 1 heterocycles. The maximum atomic E-state index is 11.3. The Morgan fingerprint density at radius 3 is 2.82 bits per heavy atom. The summed E-state index contributed by atoms with van der Waals surface area (Å²) in [6.07, 6.45) is 1.49. The first-order valence-corrected chi connectivity index (χ1v) is 6.44. The van der Waals surface area contributed by atoms with Crippen LogP contribution in [0.1, 0.15) is 43.7 Å². The van der Waals surface area contributed by atoms with Crippen LogP contribution in [0, 0.1) is 5.41 Å². The zero-order valence-corrected chi connectivity index (χ0v) is 11.3. The number of hydrogen-bond donors (Lipinski definition) is 1. The van der Waals surface area contributed by atoms with E-state index in [4.69, 9.17) is 11.6 Å². The zero-order valence-electron chi connectivity index (χ0n) is 10.5. The van der Waals surface area contributed by atoms with E-state index >= 15 is 0 Å². The van der Waals surface area contributed by atoms with Gasteiger partial charge in [-0.05, 0) is 29.0 Å². The highest BCUT2D eigenvalue weighted by Gasteiger charge is 2.28. The molecule has 0 spiro atoms. The normalized spacial score (nSPS) is 16.6. The molecule has 0 saturated heterocycles. The standard InChI is InChI=1S/C14H18ClNO/c1-4-14(2,3)13(15)9-5-6-11-10(7-9)8-12(17)16-11/h5-7,13H,4,8H2,1-3H3,(H,16,17). The average Bonchev–Trinajstić information content (AvgIpc) is 2.66. The highest BCUT2D eigenvalue weighted by Crippen LogP contribution is 2.42. The van der Waals surface area contributed by atoms with Crippen LogP contribution in [0.15, 0.2) is 18.2 Å². The first-order chi connectivity index (χ1) is 7.94. The van der Waals surface area contributed by atoms with Gasteiger partial charge in [-0.1, -0.05) is 32.9 Å². The largest absolute Gasteiger partial charge is 0.326 e. The van der Waals surface area contributed by atoms with Crippen molar-refractivity contribution in [1.82, 2.24) is 0 Å². The Balaban J connectivity index is 2.30. The van der Waals surface area contributed by atoms with Gasteiger partial charge < -0.3 is 5.32 Å². The molecule has 0 bridgehead atoms. The monoisotopic (exact) mass is 251 g/mol. The van der Waals surface area contributed by atoms with Gasteiger partial charge in [0.2, 0.25) is 5.91 Å². The number of nitrogens with one attached hydrogen (secondary N) is 1. The Bertz CT molecular complexity index is 454. The van der Waals surface area contributed by atoms with Gasteiger partial charge in [-0.2, -0.15) is 0 Å². The number of hydrogen-bond acceptors (Lipinski definition) is 1. The summed E-state index contributed by atoms with van der Waals surface area (Å²) in [5.74, 6) is 0.0676. The number of alkyl halides is 1. The molecule has 1 aliphatic heterocycles. The number of benzene rings is 1. The molecule has 1 aromatic carbocycles. The summed E-state index contributed by atoms with van der Waals surface area (Å²) in [5.41, 5.74) is 3.15. The highest BCUT2D eigenvalue weighted by molar-refractivity contribution is 6.21. The van der Waals surface area contributed by atoms with E-state index in [1.807, 2.05) is 12.1 Å². The average molecular weight is 252 g/mol. The summed E-state index contributed by atoms with van der Waals surface area (Å²) in [6.45, 7) is 6.48. The summed E-state index contributed by atoms with van der Waals surface area (Å²) in [6, 6.07) is 6.03. The highest BCUT2D eigenvalue weighted by atomic mass is 35.5. The molecule has 0 aromatic heterocycles. The van der Waals surface area contributed by atoms with Crippen molar-refractivity contribution in [1.29, 1.82) is 0 Å². The van der Waals surface area contributed by atoms with Crippen LogP contribution in [0.5, 0.6) is 0 Å². The predicted octanol–water partition coefficient (Wildman–Crippen LogP) is 3.90. The number of carbonyl (C=O) groups excluding carboxylic acids is 1. The maximum absolute atomic E-state index is 11.3. The Hall–Kier alpha value is -1.02. The molecule has 1 N–H and O–H groups in total. The molecule has 1 aliphatic rings. The minimum absolute atomic E-state index is 0.0199. The third-order valence-electron chi connectivity index (χ3n) is 3.64. The smallest absolute Gasteiger partial charge is 0.228 e. The van der Waals surface area contributed by atoms with Crippen LogP contribution >= 0.6 is 11.6 Å². The van der Waals surface area contributed by atoms with E-state index in [1.54, 1.807) is 0 Å². The van der Waals surface area contributed by atoms with Crippen molar-refractivity contribution >= 4 is 23.2 Å². The first-order valence-electron chi connectivity index (χ1n) is 6.01. The van der Waals surface area contributed by atoms with E-state index in [2.05, 4.69) is 32.2 Å². The van der Waals surface area contributed by atoms with E-state index < -0.39 is 0 Å². The topological polar surface area (TPSA) is 29.1 Å². The van der Waals surface area contributed by atoms with Crippen LogP contribution in [-0.4, -0.2) is 5.91 Å². The van der Waals surface area contributed by atoms with E-state index in [1.165, 1.54) is 0 Å². The Labute approximate surface area is 107 Å². The molecule has 1 aromatic rings. The van der Waals surface area contributed by atoms with Gasteiger partial charge in [-0.25, -0.2) is 0 Å². The zero-order chi connectivity index (χ0) is 12.6. The molecule has 1 atom stereocenters. The van der Waals surface area contributed by atoms with E-state index in [0.717, 1.165) is 23.2 Å². The molecule has 1 unspecified atom stereocenters. The molecule has 2 rings (SSSR count). The van der Waals surface area contributed by atoms with Crippen molar-refractivity contribution in [3.63, 3.8) is 0 Å². The van der Waals surface area contributed by atoms with Crippen LogP contribution in [0.2, 0.25) is 0 Å². The maximum Gasteiger partial charge on any atom is 0.228 e. The number of anilines is 1. The third kappa shape index (κ3) is 2.32. The van der Waals surface area contributed by atoms with Crippen molar-refractivity contribution in [2.45, 2.75) is 39.0 Å². The molecule has 92 valence electrons. The quantitative estimate of drug-likeness (QED) is 0.812. The summed E-state index contributed by atoms with van der Waals surface area (Å²) >= 11 is 6.53. The number of carbonyl (C=O) groups is 1. The molecule has 0 saturated carbocycles. The lowest BCUT2D eigenvalue weighted by Gasteiger charge is -2.29. The van der Waals surface area contributed by atoms with Crippen molar-refractivity contribution in [3.05, 3.63) is 29.3 Å². The van der Waals surface area contributed by atoms with Gasteiger partial charge in [0.25, 0.3) is 0 Å². The number of rotatable bonds is 3. The Kier molecular flexibility index (Phi) is 3.17. The Morgan fingerprint density at radius 2 is 2.18 bits per heavy atom. The summed E-state index contributed by atoms with van der Waals surface area (Å²) in [5, 5.41) is 2.81. The van der Waals surface area contributed by atoms with Gasteiger partial charge in [0.15, 0.2) is 0 Å². The fourth-order valence-electron chi connectivity index (χ4n) is 2.04. The summed E-state index contributed by atoms with van der Waals surface area (Å²) < 4.78 is 0. The first kappa shape index (κ1) is 12.4. The second kappa shape index (κ2) is 4.34. The Morgan fingerprint density at radius 1 is 1.47 bits per heavy atom. The predicted molar refractivity (Wildman–Crippen MR) is 71.4 cm³/mol. The van der Waals surface area contributed by atoms with Crippen molar-refractivity contribution in [2.75, 3.05) is 5.32 Å². The van der Waals surface area contributed by atoms with Gasteiger partial charge in [-0.15, -0.1) is 11.6 Å². The summed E-state index contributed by atoms with van der Waals surface area (Å²) in [7, 11) is 0. The van der Waals surface area contributed by atoms with Crippen LogP contribution < -0.4 is 5.32 Å². The van der Waals surface area contributed by atoms with Gasteiger partial charge in [0.1, 0.15) is 0 Å². The van der Waals surface area contributed by atoms with Crippen LogP contribution in [-0.2, 0) is 11.2 Å². The number of amides is 1. The van der Waals surface area contributed by atoms with Crippen molar-refractivity contribution in [3.8, 4) is 0 Å². The van der Waals surface area contributed by atoms with Crippen molar-refractivity contribution < 1.29 is 4.79 Å². The van der Waals surface area contributed by atoms with Crippen LogP contribution in [0.25, 0.3) is 0 Å². The molecule has 0 fully saturated rings. The summed E-state index contributed by atoms with van der Waals surface area (Å²) in [4.78, 5) is 11.3. The molecule has 17 heavy (non-hydrogen) atoms. The lowest BCUT2D eigenvalue weighted by Crippen LogP contribution is -2.16. The van der Waals surface area contributed by atoms with Crippen LogP contribution in [0.3, 0.4) is 0 Å². The lowest BCUT2D eigenvalue weighted by molar-refractivity contribution is -0.115. The molecular formula is C14H18ClNO. The SMILES string of the molecule is CCC(C)(C)C(Cl)c1ccc2c(c1)CC(=O)N2. The fraction of sp³-hybridized carbons (Fsp3) is 0.500. The van der Waals surface area contributed by atoms with Gasteiger partial charge in [0, 0.05) is 5.69 Å². The van der Waals surface area contributed by atoms with E-state index in [9.17, 15) is 4.79 Å². The van der Waals surface area contributed by atoms with Crippen LogP contribution in [0.4, 0.5) is 5.69 Å². The second-order valence-electron chi connectivity index (χ2n) is 5.35. The second-order valence-corrected chi connectivity index (χ2v) is 5.78. The molecule has 1 amide bonds. The van der Waals surface area contributed by atoms with E-state index in [0.29, 0.717) is 6.42 Å². The number of fused-ring (bicyclic) bond motifs is 1. The number of halogens is 1. The van der Waals surface area contributed by atoms with E-state index in [-0.39, 0.29) is 16.7 Å². The third-order valence-corrected chi connectivity index (χ3v) is 4.49. The molecule has 0 radical (unpaired) electrons. The fourth-order valence-corrected chi connectivity index (χ4v) is 2.33. The minimum atomic E-state index is -0.0199. The minimum Gasteiger partial charge on any atom is -0.326 e. The van der Waals surface area contributed by atoms with Gasteiger partial charge in [-0.3, -0.25) is 4.79 Å². The van der Waals surface area contributed by atoms with Gasteiger partial charge in [0.05, 0.1) is 11.8 Å².